The first-order valence-corrected chi connectivity index (χ1v) is 8.00. The fraction of sp³-hybridized carbons (Fsp3) is 0.0667. The zero-order valence-electron chi connectivity index (χ0n) is 11.7. The minimum atomic E-state index is -3.68. The van der Waals surface area contributed by atoms with Crippen molar-refractivity contribution in [2.24, 2.45) is 0 Å². The number of hydrogen-bond donors (Lipinski definition) is 1. The number of para-hydroxylation sites is 1. The van der Waals surface area contributed by atoms with Gasteiger partial charge in [0.15, 0.2) is 0 Å². The van der Waals surface area contributed by atoms with Crippen molar-refractivity contribution >= 4 is 15.7 Å². The van der Waals surface area contributed by atoms with Crippen molar-refractivity contribution in [1.82, 2.24) is 10.2 Å². The summed E-state index contributed by atoms with van der Waals surface area (Å²) in [6.45, 7) is 1.90. The van der Waals surface area contributed by atoms with E-state index in [2.05, 4.69) is 14.9 Å². The van der Waals surface area contributed by atoms with Gasteiger partial charge in [-0.1, -0.05) is 29.8 Å². The molecule has 1 aromatic heterocycles. The maximum atomic E-state index is 12.5. The molecule has 0 fully saturated rings. The molecule has 1 N–H and O–H groups in total. The normalized spacial score (nSPS) is 11.3. The van der Waals surface area contributed by atoms with Gasteiger partial charge in [0, 0.05) is 0 Å². The van der Waals surface area contributed by atoms with Crippen molar-refractivity contribution in [2.45, 2.75) is 11.8 Å². The molecule has 6 nitrogen and oxygen atoms in total. The summed E-state index contributed by atoms with van der Waals surface area (Å²) >= 11 is 0. The molecule has 0 saturated heterocycles. The van der Waals surface area contributed by atoms with Crippen molar-refractivity contribution in [3.8, 4) is 11.5 Å². The summed E-state index contributed by atoms with van der Waals surface area (Å²) in [5.74, 6) is 0.252. The lowest BCUT2D eigenvalue weighted by Crippen LogP contribution is -2.13. The largest absolute Gasteiger partial charge is 0.423 e. The van der Waals surface area contributed by atoms with E-state index in [-0.39, 0.29) is 10.8 Å². The number of hydrogen-bond acceptors (Lipinski definition) is 5. The molecule has 0 aliphatic heterocycles. The molecule has 0 spiro atoms. The third kappa shape index (κ3) is 2.84. The van der Waals surface area contributed by atoms with Gasteiger partial charge in [-0.25, -0.2) is 8.42 Å². The van der Waals surface area contributed by atoms with Gasteiger partial charge >= 0.3 is 0 Å². The maximum absolute atomic E-state index is 12.5. The smallest absolute Gasteiger partial charge is 0.261 e. The number of aryl methyl sites for hydroxylation is 1. The Morgan fingerprint density at radius 2 is 1.77 bits per heavy atom. The van der Waals surface area contributed by atoms with E-state index in [9.17, 15) is 8.42 Å². The summed E-state index contributed by atoms with van der Waals surface area (Å²) in [6, 6.07) is 13.5. The van der Waals surface area contributed by atoms with Crippen LogP contribution in [0.1, 0.15) is 5.56 Å². The Kier molecular flexibility index (Phi) is 3.64. The standard InChI is InChI=1S/C15H13N3O3S/c1-11-6-8-12(9-7-11)22(19,20)18-14-5-3-2-4-13(14)15-17-16-10-21-15/h2-10,18H,1H3. The van der Waals surface area contributed by atoms with Gasteiger partial charge in [0.25, 0.3) is 10.0 Å². The van der Waals surface area contributed by atoms with Crippen LogP contribution in [0.3, 0.4) is 0 Å². The van der Waals surface area contributed by atoms with Crippen LogP contribution in [0.4, 0.5) is 5.69 Å². The second-order valence-electron chi connectivity index (χ2n) is 4.71. The first-order chi connectivity index (χ1) is 10.6. The predicted molar refractivity (Wildman–Crippen MR) is 81.7 cm³/mol. The van der Waals surface area contributed by atoms with Gasteiger partial charge in [0.2, 0.25) is 12.3 Å². The highest BCUT2D eigenvalue weighted by Gasteiger charge is 2.17. The number of rotatable bonds is 4. The number of anilines is 1. The molecule has 0 atom stereocenters. The highest BCUT2D eigenvalue weighted by molar-refractivity contribution is 7.92. The molecule has 3 aromatic rings. The van der Waals surface area contributed by atoms with Crippen LogP contribution in [0.2, 0.25) is 0 Å². The van der Waals surface area contributed by atoms with Gasteiger partial charge in [-0.2, -0.15) is 0 Å². The van der Waals surface area contributed by atoms with Crippen molar-refractivity contribution in [1.29, 1.82) is 0 Å². The molecule has 2 aromatic carbocycles. The topological polar surface area (TPSA) is 85.1 Å². The molecule has 22 heavy (non-hydrogen) atoms. The second kappa shape index (κ2) is 5.61. The van der Waals surface area contributed by atoms with Crippen LogP contribution in [-0.4, -0.2) is 18.6 Å². The van der Waals surface area contributed by atoms with Crippen LogP contribution in [-0.2, 0) is 10.0 Å². The minimum absolute atomic E-state index is 0.193. The Morgan fingerprint density at radius 1 is 1.05 bits per heavy atom. The summed E-state index contributed by atoms with van der Waals surface area (Å²) in [5.41, 5.74) is 1.90. The average molecular weight is 315 g/mol. The fourth-order valence-corrected chi connectivity index (χ4v) is 3.05. The van der Waals surface area contributed by atoms with E-state index >= 15 is 0 Å². The van der Waals surface area contributed by atoms with Crippen LogP contribution in [0.5, 0.6) is 0 Å². The van der Waals surface area contributed by atoms with Crippen LogP contribution in [0, 0.1) is 6.92 Å². The number of sulfonamides is 1. The highest BCUT2D eigenvalue weighted by Crippen LogP contribution is 2.28. The molecule has 0 saturated carbocycles. The molecule has 0 radical (unpaired) electrons. The van der Waals surface area contributed by atoms with Crippen LogP contribution in [0.15, 0.2) is 64.2 Å². The molecule has 7 heteroatoms. The van der Waals surface area contributed by atoms with Gasteiger partial charge in [0.05, 0.1) is 16.1 Å². The first-order valence-electron chi connectivity index (χ1n) is 6.51. The van der Waals surface area contributed by atoms with E-state index in [1.165, 1.54) is 6.39 Å². The van der Waals surface area contributed by atoms with E-state index in [0.29, 0.717) is 11.3 Å². The predicted octanol–water partition coefficient (Wildman–Crippen LogP) is 2.85. The summed E-state index contributed by atoms with van der Waals surface area (Å²) in [4.78, 5) is 0.193. The summed E-state index contributed by atoms with van der Waals surface area (Å²) in [5, 5.41) is 7.42. The monoisotopic (exact) mass is 315 g/mol. The molecule has 0 aliphatic rings. The van der Waals surface area contributed by atoms with E-state index in [1.54, 1.807) is 48.5 Å². The third-order valence-corrected chi connectivity index (χ3v) is 4.47. The second-order valence-corrected chi connectivity index (χ2v) is 6.39. The lowest BCUT2D eigenvalue weighted by atomic mass is 10.2. The Labute approximate surface area is 127 Å². The Hall–Kier alpha value is -2.67. The van der Waals surface area contributed by atoms with Crippen molar-refractivity contribution in [2.75, 3.05) is 4.72 Å². The van der Waals surface area contributed by atoms with Gasteiger partial charge in [-0.05, 0) is 31.2 Å². The molecule has 0 aliphatic carbocycles. The van der Waals surface area contributed by atoms with Crippen molar-refractivity contribution < 1.29 is 12.8 Å². The maximum Gasteiger partial charge on any atom is 0.261 e. The highest BCUT2D eigenvalue weighted by atomic mass is 32.2. The van der Waals surface area contributed by atoms with Crippen molar-refractivity contribution in [3.63, 3.8) is 0 Å². The van der Waals surface area contributed by atoms with E-state index < -0.39 is 10.0 Å². The quantitative estimate of drug-likeness (QED) is 0.800. The Balaban J connectivity index is 1.98. The fourth-order valence-electron chi connectivity index (χ4n) is 1.97. The number of aromatic nitrogens is 2. The molecular formula is C15H13N3O3S. The van der Waals surface area contributed by atoms with Gasteiger partial charge in [-0.3, -0.25) is 4.72 Å². The Morgan fingerprint density at radius 3 is 2.45 bits per heavy atom. The SMILES string of the molecule is Cc1ccc(S(=O)(=O)Nc2ccccc2-c2nnco2)cc1. The van der Waals surface area contributed by atoms with E-state index in [1.807, 2.05) is 6.92 Å². The summed E-state index contributed by atoms with van der Waals surface area (Å²) in [6.07, 6.45) is 1.20. The molecule has 112 valence electrons. The van der Waals surface area contributed by atoms with Gasteiger partial charge in [-0.15, -0.1) is 10.2 Å². The number of nitrogens with one attached hydrogen (secondary N) is 1. The molecule has 1 heterocycles. The van der Waals surface area contributed by atoms with Gasteiger partial charge < -0.3 is 4.42 Å². The molecular weight excluding hydrogens is 302 g/mol. The van der Waals surface area contributed by atoms with Gasteiger partial charge in [0.1, 0.15) is 0 Å². The zero-order valence-corrected chi connectivity index (χ0v) is 12.5. The molecule has 0 unspecified atom stereocenters. The number of benzene rings is 2. The number of nitrogens with zero attached hydrogens (tertiary/aromatic N) is 2. The lowest BCUT2D eigenvalue weighted by Gasteiger charge is -2.10. The lowest BCUT2D eigenvalue weighted by molar-refractivity contribution is 0.569. The Bertz CT molecular complexity index is 873. The molecule has 3 rings (SSSR count). The molecule has 0 bridgehead atoms. The van der Waals surface area contributed by atoms with Crippen LogP contribution >= 0.6 is 0 Å². The van der Waals surface area contributed by atoms with E-state index in [0.717, 1.165) is 5.56 Å². The van der Waals surface area contributed by atoms with Crippen LogP contribution < -0.4 is 4.72 Å². The molecule has 0 amide bonds. The minimum Gasteiger partial charge on any atom is -0.423 e. The van der Waals surface area contributed by atoms with E-state index in [4.69, 9.17) is 4.42 Å². The summed E-state index contributed by atoms with van der Waals surface area (Å²) in [7, 11) is -3.68. The van der Waals surface area contributed by atoms with Crippen molar-refractivity contribution in [3.05, 3.63) is 60.5 Å². The summed E-state index contributed by atoms with van der Waals surface area (Å²) < 4.78 is 32.6. The average Bonchev–Trinajstić information content (AvgIpc) is 3.02. The van der Waals surface area contributed by atoms with Crippen LogP contribution in [0.25, 0.3) is 11.5 Å². The zero-order chi connectivity index (χ0) is 15.6. The first kappa shape index (κ1) is 14.3. The third-order valence-electron chi connectivity index (χ3n) is 3.09.